The first-order chi connectivity index (χ1) is 13.5. The topological polar surface area (TPSA) is 36.0 Å². The molecule has 2 aliphatic heterocycles. The highest BCUT2D eigenvalue weighted by atomic mass is 32.2. The van der Waals surface area contributed by atoms with Gasteiger partial charge in [0.2, 0.25) is 5.91 Å². The Morgan fingerprint density at radius 1 is 1.11 bits per heavy atom. The molecule has 0 saturated carbocycles. The Labute approximate surface area is 178 Å². The van der Waals surface area contributed by atoms with Gasteiger partial charge in [-0.25, -0.2) is 0 Å². The van der Waals surface area contributed by atoms with Crippen LogP contribution in [0.1, 0.15) is 33.1 Å². The van der Waals surface area contributed by atoms with Gasteiger partial charge in [-0.15, -0.1) is 0 Å². The smallest absolute Gasteiger partial charge is 0.233 e. The lowest BCUT2D eigenvalue weighted by atomic mass is 9.99. The molecule has 0 aliphatic carbocycles. The second-order valence-electron chi connectivity index (χ2n) is 7.66. The number of piperazine rings is 1. The van der Waals surface area contributed by atoms with E-state index in [0.29, 0.717) is 17.8 Å². The number of hydrogen-bond donors (Lipinski definition) is 0. The van der Waals surface area contributed by atoms with Gasteiger partial charge in [0.15, 0.2) is 0 Å². The summed E-state index contributed by atoms with van der Waals surface area (Å²) in [6.45, 7) is 7.70. The van der Waals surface area contributed by atoms with E-state index in [2.05, 4.69) is 35.8 Å². The van der Waals surface area contributed by atoms with Gasteiger partial charge in [0.1, 0.15) is 10.1 Å². The summed E-state index contributed by atoms with van der Waals surface area (Å²) in [4.78, 5) is 19.3. The maximum Gasteiger partial charge on any atom is 0.233 e. The molecule has 2 saturated heterocycles. The van der Waals surface area contributed by atoms with Crippen molar-refractivity contribution in [3.63, 3.8) is 0 Å². The molecule has 2 heterocycles. The highest BCUT2D eigenvalue weighted by Gasteiger charge is 2.28. The summed E-state index contributed by atoms with van der Waals surface area (Å²) in [6.07, 6.45) is 3.64. The normalized spacial score (nSPS) is 22.9. The maximum atomic E-state index is 12.7. The number of benzene rings is 1. The number of hydrogen-bond acceptors (Lipinski definition) is 5. The monoisotopic (exact) mass is 421 g/mol. The number of methoxy groups -OCH3 is 1. The van der Waals surface area contributed by atoms with Crippen molar-refractivity contribution < 1.29 is 9.53 Å². The average Bonchev–Trinajstić information content (AvgIpc) is 2.72. The Bertz CT molecular complexity index is 665. The van der Waals surface area contributed by atoms with Crippen molar-refractivity contribution in [1.82, 2.24) is 9.80 Å². The molecule has 2 atom stereocenters. The van der Waals surface area contributed by atoms with Crippen molar-refractivity contribution >= 4 is 39.9 Å². The molecule has 0 bridgehead atoms. The lowest BCUT2D eigenvalue weighted by Crippen LogP contribution is -2.50. The number of nitrogens with zero attached hydrogens (tertiary/aromatic N) is 3. The maximum absolute atomic E-state index is 12.7. The van der Waals surface area contributed by atoms with Crippen LogP contribution in [0.5, 0.6) is 5.75 Å². The van der Waals surface area contributed by atoms with E-state index in [1.54, 1.807) is 7.11 Å². The largest absolute Gasteiger partial charge is 0.497 e. The van der Waals surface area contributed by atoms with Crippen LogP contribution in [-0.4, -0.2) is 71.2 Å². The first-order valence-electron chi connectivity index (χ1n) is 10.1. The van der Waals surface area contributed by atoms with E-state index in [1.165, 1.54) is 36.7 Å². The van der Waals surface area contributed by atoms with E-state index in [1.807, 2.05) is 17.0 Å². The minimum atomic E-state index is 0.194. The van der Waals surface area contributed by atoms with Crippen molar-refractivity contribution in [3.8, 4) is 5.75 Å². The zero-order valence-corrected chi connectivity index (χ0v) is 18.7. The fraction of sp³-hybridized carbons (Fsp3) is 0.619. The molecule has 154 valence electrons. The second-order valence-corrected chi connectivity index (χ2v) is 9.27. The summed E-state index contributed by atoms with van der Waals surface area (Å²) in [5.41, 5.74) is 1.18. The van der Waals surface area contributed by atoms with Gasteiger partial charge in [-0.2, -0.15) is 0 Å². The molecule has 2 fully saturated rings. The van der Waals surface area contributed by atoms with Gasteiger partial charge >= 0.3 is 0 Å². The summed E-state index contributed by atoms with van der Waals surface area (Å²) in [5, 5.41) is 0. The Balaban J connectivity index is 1.45. The van der Waals surface area contributed by atoms with Crippen LogP contribution in [0.25, 0.3) is 0 Å². The number of thioether (sulfide) groups is 1. The number of piperidine rings is 1. The molecule has 0 aromatic heterocycles. The van der Waals surface area contributed by atoms with Crippen LogP contribution in [0, 0.1) is 0 Å². The molecular formula is C21H31N3O2S2. The molecule has 5 nitrogen and oxygen atoms in total. The molecule has 3 rings (SSSR count). The molecule has 1 amide bonds. The number of amides is 1. The molecule has 0 N–H and O–H groups in total. The summed E-state index contributed by atoms with van der Waals surface area (Å²) < 4.78 is 6.10. The number of anilines is 1. The quantitative estimate of drug-likeness (QED) is 0.691. The van der Waals surface area contributed by atoms with Crippen molar-refractivity contribution in [2.24, 2.45) is 0 Å². The highest BCUT2D eigenvalue weighted by molar-refractivity contribution is 8.23. The number of likely N-dealkylation sites (tertiary alicyclic amines) is 1. The third-order valence-electron chi connectivity index (χ3n) is 5.79. The number of rotatable bonds is 4. The molecule has 0 unspecified atom stereocenters. The first kappa shape index (κ1) is 21.2. The van der Waals surface area contributed by atoms with Gasteiger partial charge in [0.05, 0.1) is 12.9 Å². The third kappa shape index (κ3) is 5.11. The van der Waals surface area contributed by atoms with E-state index >= 15 is 0 Å². The van der Waals surface area contributed by atoms with E-state index in [0.717, 1.165) is 36.2 Å². The number of carbonyl (C=O) groups excluding carboxylic acids is 1. The van der Waals surface area contributed by atoms with Crippen LogP contribution >= 0.6 is 24.0 Å². The summed E-state index contributed by atoms with van der Waals surface area (Å²) in [5.74, 6) is 1.50. The fourth-order valence-corrected chi connectivity index (χ4v) is 5.55. The SMILES string of the molecule is COc1ccc(N2CCN(C(=O)CSC(=S)N3[C@@H](C)CCC[C@@H]3C)CC2)cc1. The van der Waals surface area contributed by atoms with Gasteiger partial charge in [-0.3, -0.25) is 4.79 Å². The zero-order chi connectivity index (χ0) is 20.1. The van der Waals surface area contributed by atoms with Crippen molar-refractivity contribution in [1.29, 1.82) is 0 Å². The van der Waals surface area contributed by atoms with Crippen LogP contribution < -0.4 is 9.64 Å². The van der Waals surface area contributed by atoms with Crippen LogP contribution in [-0.2, 0) is 4.79 Å². The van der Waals surface area contributed by atoms with Gasteiger partial charge in [0.25, 0.3) is 0 Å². The minimum Gasteiger partial charge on any atom is -0.497 e. The van der Waals surface area contributed by atoms with Crippen molar-refractivity contribution in [3.05, 3.63) is 24.3 Å². The molecule has 0 radical (unpaired) electrons. The van der Waals surface area contributed by atoms with Gasteiger partial charge in [-0.05, 0) is 57.4 Å². The van der Waals surface area contributed by atoms with E-state index in [4.69, 9.17) is 17.0 Å². The van der Waals surface area contributed by atoms with E-state index in [9.17, 15) is 4.79 Å². The van der Waals surface area contributed by atoms with Gasteiger partial charge in [-0.1, -0.05) is 24.0 Å². The molecule has 7 heteroatoms. The van der Waals surface area contributed by atoms with Crippen LogP contribution in [0.2, 0.25) is 0 Å². The minimum absolute atomic E-state index is 0.194. The summed E-state index contributed by atoms with van der Waals surface area (Å²) >= 11 is 7.18. The summed E-state index contributed by atoms with van der Waals surface area (Å²) in [7, 11) is 1.68. The molecule has 28 heavy (non-hydrogen) atoms. The fourth-order valence-electron chi connectivity index (χ4n) is 4.08. The molecular weight excluding hydrogens is 390 g/mol. The van der Waals surface area contributed by atoms with Crippen molar-refractivity contribution in [2.75, 3.05) is 43.9 Å². The number of carbonyl (C=O) groups is 1. The molecule has 1 aromatic rings. The molecule has 1 aromatic carbocycles. The Morgan fingerprint density at radius 2 is 1.71 bits per heavy atom. The van der Waals surface area contributed by atoms with Crippen molar-refractivity contribution in [2.45, 2.75) is 45.2 Å². The Hall–Kier alpha value is -1.47. The van der Waals surface area contributed by atoms with Crippen LogP contribution in [0.3, 0.4) is 0 Å². The summed E-state index contributed by atoms with van der Waals surface area (Å²) in [6, 6.07) is 9.07. The standard InChI is InChI=1S/C21H31N3O2S2/c1-16-5-4-6-17(2)24(16)21(27)28-15-20(25)23-13-11-22(12-14-23)18-7-9-19(26-3)10-8-18/h7-10,16-17H,4-6,11-15H2,1-3H3/t16-,17-/m0/s1. The average molecular weight is 422 g/mol. The predicted molar refractivity (Wildman–Crippen MR) is 121 cm³/mol. The Kier molecular flexibility index (Phi) is 7.46. The Morgan fingerprint density at radius 3 is 2.29 bits per heavy atom. The molecule has 2 aliphatic rings. The van der Waals surface area contributed by atoms with Gasteiger partial charge in [0, 0.05) is 44.0 Å². The first-order valence-corrected chi connectivity index (χ1v) is 11.5. The van der Waals surface area contributed by atoms with Gasteiger partial charge < -0.3 is 19.4 Å². The van der Waals surface area contributed by atoms with E-state index in [-0.39, 0.29) is 5.91 Å². The third-order valence-corrected chi connectivity index (χ3v) is 7.21. The van der Waals surface area contributed by atoms with E-state index < -0.39 is 0 Å². The van der Waals surface area contributed by atoms with Crippen LogP contribution in [0.4, 0.5) is 5.69 Å². The number of ether oxygens (including phenoxy) is 1. The lowest BCUT2D eigenvalue weighted by molar-refractivity contribution is -0.128. The zero-order valence-electron chi connectivity index (χ0n) is 17.1. The highest BCUT2D eigenvalue weighted by Crippen LogP contribution is 2.27. The number of thiocarbonyl (C=S) groups is 1. The van der Waals surface area contributed by atoms with Crippen LogP contribution in [0.15, 0.2) is 24.3 Å². The lowest BCUT2D eigenvalue weighted by Gasteiger charge is -2.40. The molecule has 0 spiro atoms. The predicted octanol–water partition coefficient (Wildman–Crippen LogP) is 3.62. The second kappa shape index (κ2) is 9.83.